The molecule has 25 heavy (non-hydrogen) atoms. The van der Waals surface area contributed by atoms with E-state index in [4.69, 9.17) is 4.74 Å². The van der Waals surface area contributed by atoms with Gasteiger partial charge in [-0.05, 0) is 26.3 Å². The van der Waals surface area contributed by atoms with Gasteiger partial charge in [-0.25, -0.2) is 9.78 Å². The summed E-state index contributed by atoms with van der Waals surface area (Å²) >= 11 is 0. The maximum atomic E-state index is 12.3. The van der Waals surface area contributed by atoms with Crippen LogP contribution in [0.2, 0.25) is 0 Å². The van der Waals surface area contributed by atoms with Crippen molar-refractivity contribution in [3.05, 3.63) is 58.3 Å². The van der Waals surface area contributed by atoms with E-state index in [1.54, 1.807) is 16.8 Å². The topological polar surface area (TPSA) is 88.5 Å². The monoisotopic (exact) mass is 338 g/mol. The second kappa shape index (κ2) is 5.20. The van der Waals surface area contributed by atoms with Crippen molar-refractivity contribution in [1.29, 1.82) is 0 Å². The molecule has 2 aromatic heterocycles. The number of nitrogens with zero attached hydrogens (tertiary/aromatic N) is 2. The molecule has 7 heteroatoms. The fourth-order valence-electron chi connectivity index (χ4n) is 3.20. The van der Waals surface area contributed by atoms with Crippen LogP contribution in [0.15, 0.2) is 41.5 Å². The number of nitrogens with one attached hydrogen (secondary N) is 2. The first kappa shape index (κ1) is 15.4. The fraction of sp³-hybridized carbons (Fsp3) is 0.278. The van der Waals surface area contributed by atoms with Crippen molar-refractivity contribution in [2.45, 2.75) is 32.4 Å². The largest absolute Gasteiger partial charge is 0.444 e. The average Bonchev–Trinajstić information content (AvgIpc) is 3.10. The zero-order valence-corrected chi connectivity index (χ0v) is 14.2. The molecule has 0 saturated carbocycles. The summed E-state index contributed by atoms with van der Waals surface area (Å²) in [5, 5.41) is 2.92. The predicted octanol–water partition coefficient (Wildman–Crippen LogP) is 2.62. The third kappa shape index (κ3) is 2.48. The molecule has 1 aliphatic carbocycles. The van der Waals surface area contributed by atoms with Crippen LogP contribution in [0.5, 0.6) is 0 Å². The molecule has 1 unspecified atom stereocenters. The number of hydrogen-bond acceptors (Lipinski definition) is 4. The van der Waals surface area contributed by atoms with Gasteiger partial charge in [0, 0.05) is 18.0 Å². The first-order valence-electron chi connectivity index (χ1n) is 8.03. The molecule has 7 nitrogen and oxygen atoms in total. The standard InChI is InChI=1S/C18H18N4O3/c1-18(2,3)25-17(24)21-13-11-7-5-4-6-10(11)12-14(13)22-9-8-19-15(22)16(23)20-12/h4-9,13H,1-3H3,(H,20,23)(H,21,24). The van der Waals surface area contributed by atoms with E-state index in [0.29, 0.717) is 11.3 Å². The van der Waals surface area contributed by atoms with E-state index in [0.717, 1.165) is 16.8 Å². The van der Waals surface area contributed by atoms with E-state index >= 15 is 0 Å². The minimum atomic E-state index is -0.597. The number of carbonyl (C=O) groups is 1. The lowest BCUT2D eigenvalue weighted by atomic mass is 10.1. The summed E-state index contributed by atoms with van der Waals surface area (Å²) < 4.78 is 7.12. The van der Waals surface area contributed by atoms with Gasteiger partial charge in [-0.15, -0.1) is 0 Å². The van der Waals surface area contributed by atoms with Gasteiger partial charge in [0.25, 0.3) is 5.56 Å². The van der Waals surface area contributed by atoms with Crippen LogP contribution in [-0.2, 0) is 4.74 Å². The molecule has 0 fully saturated rings. The fourth-order valence-corrected chi connectivity index (χ4v) is 3.20. The van der Waals surface area contributed by atoms with Crippen molar-refractivity contribution in [1.82, 2.24) is 19.7 Å². The molecule has 0 radical (unpaired) electrons. The summed E-state index contributed by atoms with van der Waals surface area (Å²) in [6.45, 7) is 5.44. The number of fused-ring (bicyclic) bond motifs is 5. The van der Waals surface area contributed by atoms with Crippen molar-refractivity contribution >= 4 is 11.7 Å². The van der Waals surface area contributed by atoms with E-state index < -0.39 is 17.7 Å². The van der Waals surface area contributed by atoms with Gasteiger partial charge in [0.1, 0.15) is 11.6 Å². The molecular weight excluding hydrogens is 320 g/mol. The summed E-state index contributed by atoms with van der Waals surface area (Å²) in [6.07, 6.45) is 2.77. The SMILES string of the molecule is CC(C)(C)OC(=O)NC1c2ccccc2-c2[nH]c(=O)c3nccn3c21. The third-order valence-electron chi connectivity index (χ3n) is 4.07. The predicted molar refractivity (Wildman–Crippen MR) is 92.5 cm³/mol. The molecule has 4 rings (SSSR count). The number of imidazole rings is 1. The lowest BCUT2D eigenvalue weighted by molar-refractivity contribution is 0.0512. The van der Waals surface area contributed by atoms with Crippen LogP contribution in [-0.4, -0.2) is 26.1 Å². The highest BCUT2D eigenvalue weighted by Crippen LogP contribution is 2.41. The lowest BCUT2D eigenvalue weighted by Crippen LogP contribution is -2.35. The van der Waals surface area contributed by atoms with Gasteiger partial charge in [0.2, 0.25) is 5.65 Å². The van der Waals surface area contributed by atoms with Gasteiger partial charge in [-0.3, -0.25) is 9.20 Å². The highest BCUT2D eigenvalue weighted by atomic mass is 16.6. The maximum absolute atomic E-state index is 12.3. The zero-order chi connectivity index (χ0) is 17.8. The Morgan fingerprint density at radius 3 is 2.84 bits per heavy atom. The number of H-pyrrole nitrogens is 1. The zero-order valence-electron chi connectivity index (χ0n) is 14.2. The van der Waals surface area contributed by atoms with Crippen LogP contribution in [0.3, 0.4) is 0 Å². The molecule has 1 aromatic carbocycles. The number of aromatic nitrogens is 3. The summed E-state index contributed by atoms with van der Waals surface area (Å²) in [7, 11) is 0. The molecule has 1 aliphatic rings. The second-order valence-corrected chi connectivity index (χ2v) is 7.00. The highest BCUT2D eigenvalue weighted by molar-refractivity contribution is 5.78. The van der Waals surface area contributed by atoms with E-state index in [2.05, 4.69) is 15.3 Å². The maximum Gasteiger partial charge on any atom is 0.408 e. The quantitative estimate of drug-likeness (QED) is 0.714. The lowest BCUT2D eigenvalue weighted by Gasteiger charge is -2.22. The van der Waals surface area contributed by atoms with Crippen molar-refractivity contribution in [3.63, 3.8) is 0 Å². The Hall–Kier alpha value is -3.09. The van der Waals surface area contributed by atoms with Gasteiger partial charge in [0.05, 0.1) is 11.4 Å². The minimum absolute atomic E-state index is 0.267. The Bertz CT molecular complexity index is 1040. The van der Waals surface area contributed by atoms with Gasteiger partial charge < -0.3 is 15.0 Å². The Balaban J connectivity index is 1.87. The molecule has 1 amide bonds. The van der Waals surface area contributed by atoms with Gasteiger partial charge >= 0.3 is 6.09 Å². The van der Waals surface area contributed by atoms with Crippen LogP contribution in [0.4, 0.5) is 4.79 Å². The van der Waals surface area contributed by atoms with Gasteiger partial charge in [0.15, 0.2) is 0 Å². The van der Waals surface area contributed by atoms with Gasteiger partial charge in [-0.2, -0.15) is 0 Å². The third-order valence-corrected chi connectivity index (χ3v) is 4.07. The number of aromatic amines is 1. The normalized spacial score (nSPS) is 15.7. The number of amides is 1. The number of rotatable bonds is 1. The molecular formula is C18H18N4O3. The Labute approximate surface area is 143 Å². The smallest absolute Gasteiger partial charge is 0.408 e. The number of hydrogen-bond donors (Lipinski definition) is 2. The Kier molecular flexibility index (Phi) is 3.21. The summed E-state index contributed by atoms with van der Waals surface area (Å²) in [4.78, 5) is 31.6. The van der Waals surface area contributed by atoms with Crippen molar-refractivity contribution in [2.24, 2.45) is 0 Å². The molecule has 2 heterocycles. The van der Waals surface area contributed by atoms with E-state index in [1.165, 1.54) is 0 Å². The first-order valence-corrected chi connectivity index (χ1v) is 8.03. The van der Waals surface area contributed by atoms with Crippen molar-refractivity contribution in [2.75, 3.05) is 0 Å². The van der Waals surface area contributed by atoms with E-state index in [9.17, 15) is 9.59 Å². The van der Waals surface area contributed by atoms with Crippen molar-refractivity contribution < 1.29 is 9.53 Å². The molecule has 128 valence electrons. The van der Waals surface area contributed by atoms with Crippen LogP contribution in [0.1, 0.15) is 38.1 Å². The number of alkyl carbamates (subject to hydrolysis) is 1. The first-order chi connectivity index (χ1) is 11.8. The molecule has 0 aliphatic heterocycles. The van der Waals surface area contributed by atoms with E-state index in [-0.39, 0.29) is 5.56 Å². The summed E-state index contributed by atoms with van der Waals surface area (Å²) in [5.74, 6) is 0. The van der Waals surface area contributed by atoms with Crippen LogP contribution >= 0.6 is 0 Å². The molecule has 0 bridgehead atoms. The van der Waals surface area contributed by atoms with Crippen LogP contribution in [0.25, 0.3) is 16.9 Å². The molecule has 0 spiro atoms. The number of benzene rings is 1. The number of ether oxygens (including phenoxy) is 1. The summed E-state index contributed by atoms with van der Waals surface area (Å²) in [5.41, 5.74) is 2.66. The summed E-state index contributed by atoms with van der Waals surface area (Å²) in [6, 6.07) is 7.21. The Morgan fingerprint density at radius 1 is 1.32 bits per heavy atom. The minimum Gasteiger partial charge on any atom is -0.444 e. The molecule has 1 atom stereocenters. The van der Waals surface area contributed by atoms with Crippen LogP contribution in [0, 0.1) is 0 Å². The highest BCUT2D eigenvalue weighted by Gasteiger charge is 2.34. The van der Waals surface area contributed by atoms with Crippen molar-refractivity contribution in [3.8, 4) is 11.3 Å². The van der Waals surface area contributed by atoms with Gasteiger partial charge in [-0.1, -0.05) is 24.3 Å². The molecule has 0 saturated heterocycles. The average molecular weight is 338 g/mol. The Morgan fingerprint density at radius 2 is 2.08 bits per heavy atom. The second-order valence-electron chi connectivity index (χ2n) is 7.00. The van der Waals surface area contributed by atoms with E-state index in [1.807, 2.05) is 45.0 Å². The van der Waals surface area contributed by atoms with Crippen LogP contribution < -0.4 is 10.9 Å². The number of carbonyl (C=O) groups excluding carboxylic acids is 1. The molecule has 3 aromatic rings. The molecule has 2 N–H and O–H groups in total.